The summed E-state index contributed by atoms with van der Waals surface area (Å²) in [6.45, 7) is 0. The van der Waals surface area contributed by atoms with Crippen LogP contribution >= 0.6 is 23.2 Å². The first-order valence-electron chi connectivity index (χ1n) is 4.05. The standard InChI is InChI=1S/C9H6Cl2N2O2/c10-7-8(11)13(9(14)15)6-4-2-1-3-5(6)12-7/h1-4,12H,(H,14,15). The number of hydrogen-bond donors (Lipinski definition) is 2. The lowest BCUT2D eigenvalue weighted by Gasteiger charge is -2.27. The van der Waals surface area contributed by atoms with Crippen LogP contribution in [-0.4, -0.2) is 11.2 Å². The molecule has 1 amide bonds. The number of fused-ring (bicyclic) bond motifs is 1. The quantitative estimate of drug-likeness (QED) is 0.690. The average Bonchev–Trinajstić information content (AvgIpc) is 2.19. The van der Waals surface area contributed by atoms with Gasteiger partial charge >= 0.3 is 6.09 Å². The summed E-state index contributed by atoms with van der Waals surface area (Å²) in [6.07, 6.45) is -1.17. The molecule has 0 saturated heterocycles. The van der Waals surface area contributed by atoms with Crippen LogP contribution in [0.3, 0.4) is 0 Å². The molecule has 78 valence electrons. The Bertz CT molecular complexity index is 459. The SMILES string of the molecule is O=C(O)N1C(Cl)=C(Cl)Nc2ccccc21. The number of carboxylic acid groups (broad SMARTS) is 1. The summed E-state index contributed by atoms with van der Waals surface area (Å²) < 4.78 is 0. The Balaban J connectivity index is 2.58. The summed E-state index contributed by atoms with van der Waals surface area (Å²) in [5, 5.41) is 11.8. The third-order valence-corrected chi connectivity index (χ3v) is 2.69. The van der Waals surface area contributed by atoms with Gasteiger partial charge in [-0.25, -0.2) is 9.69 Å². The number of rotatable bonds is 0. The lowest BCUT2D eigenvalue weighted by atomic mass is 10.2. The van der Waals surface area contributed by atoms with Crippen molar-refractivity contribution in [2.45, 2.75) is 0 Å². The number of para-hydroxylation sites is 2. The lowest BCUT2D eigenvalue weighted by Crippen LogP contribution is -2.31. The molecule has 2 N–H and O–H groups in total. The van der Waals surface area contributed by atoms with Crippen molar-refractivity contribution in [2.24, 2.45) is 0 Å². The van der Waals surface area contributed by atoms with E-state index in [4.69, 9.17) is 28.3 Å². The molecule has 1 aromatic rings. The normalized spacial score (nSPS) is 14.7. The predicted octanol–water partition coefficient (Wildman–Crippen LogP) is 3.20. The highest BCUT2D eigenvalue weighted by molar-refractivity contribution is 6.43. The van der Waals surface area contributed by atoms with Gasteiger partial charge in [0.25, 0.3) is 0 Å². The number of halogens is 2. The molecule has 0 atom stereocenters. The summed E-state index contributed by atoms with van der Waals surface area (Å²) in [5.74, 6) is 0. The van der Waals surface area contributed by atoms with Gasteiger partial charge in [0.2, 0.25) is 0 Å². The second-order valence-electron chi connectivity index (χ2n) is 2.86. The number of anilines is 2. The molecule has 0 aliphatic carbocycles. The molecule has 0 radical (unpaired) electrons. The van der Waals surface area contributed by atoms with Crippen LogP contribution in [0.1, 0.15) is 0 Å². The molecule has 0 bridgehead atoms. The number of benzene rings is 1. The molecule has 1 aliphatic rings. The monoisotopic (exact) mass is 244 g/mol. The van der Waals surface area contributed by atoms with Crippen LogP contribution in [0.4, 0.5) is 16.2 Å². The smallest absolute Gasteiger partial charge is 0.417 e. The first-order chi connectivity index (χ1) is 7.11. The Hall–Kier alpha value is -1.39. The molecule has 15 heavy (non-hydrogen) atoms. The van der Waals surface area contributed by atoms with Crippen LogP contribution in [0.15, 0.2) is 34.6 Å². The fourth-order valence-electron chi connectivity index (χ4n) is 1.34. The zero-order valence-corrected chi connectivity index (χ0v) is 8.88. The molecule has 1 aromatic carbocycles. The minimum atomic E-state index is -1.17. The number of nitrogens with one attached hydrogen (secondary N) is 1. The van der Waals surface area contributed by atoms with Gasteiger partial charge in [-0.3, -0.25) is 0 Å². The van der Waals surface area contributed by atoms with E-state index in [1.165, 1.54) is 0 Å². The Kier molecular flexibility index (Phi) is 2.46. The molecule has 6 heteroatoms. The number of nitrogens with zero attached hydrogens (tertiary/aromatic N) is 1. The van der Waals surface area contributed by atoms with Crippen molar-refractivity contribution < 1.29 is 9.90 Å². The van der Waals surface area contributed by atoms with Crippen LogP contribution in [0.25, 0.3) is 0 Å². The highest BCUT2D eigenvalue weighted by Crippen LogP contribution is 2.37. The summed E-state index contributed by atoms with van der Waals surface area (Å²) in [5.41, 5.74) is 1.06. The van der Waals surface area contributed by atoms with Gasteiger partial charge in [-0.1, -0.05) is 35.3 Å². The van der Waals surface area contributed by atoms with Crippen molar-refractivity contribution in [1.29, 1.82) is 0 Å². The van der Waals surface area contributed by atoms with Gasteiger partial charge in [0.05, 0.1) is 11.4 Å². The van der Waals surface area contributed by atoms with Gasteiger partial charge in [-0.2, -0.15) is 0 Å². The van der Waals surface area contributed by atoms with Crippen LogP contribution in [0.2, 0.25) is 0 Å². The van der Waals surface area contributed by atoms with E-state index in [1.54, 1.807) is 24.3 Å². The van der Waals surface area contributed by atoms with E-state index >= 15 is 0 Å². The van der Waals surface area contributed by atoms with Gasteiger partial charge in [-0.15, -0.1) is 0 Å². The fraction of sp³-hybridized carbons (Fsp3) is 0. The third kappa shape index (κ3) is 1.62. The first kappa shape index (κ1) is 10.1. The van der Waals surface area contributed by atoms with Gasteiger partial charge in [0.15, 0.2) is 5.16 Å². The number of carbonyl (C=O) groups is 1. The molecule has 1 heterocycles. The minimum absolute atomic E-state index is 0.0529. The average molecular weight is 245 g/mol. The summed E-state index contributed by atoms with van der Waals surface area (Å²) >= 11 is 11.6. The zero-order valence-electron chi connectivity index (χ0n) is 7.37. The molecule has 4 nitrogen and oxygen atoms in total. The second kappa shape index (κ2) is 3.64. The van der Waals surface area contributed by atoms with Gasteiger partial charge in [-0.05, 0) is 12.1 Å². The van der Waals surface area contributed by atoms with E-state index in [0.29, 0.717) is 11.4 Å². The van der Waals surface area contributed by atoms with Crippen molar-refractivity contribution in [3.63, 3.8) is 0 Å². The van der Waals surface area contributed by atoms with E-state index in [1.807, 2.05) is 0 Å². The molecule has 0 aromatic heterocycles. The van der Waals surface area contributed by atoms with Gasteiger partial charge in [0, 0.05) is 0 Å². The summed E-state index contributed by atoms with van der Waals surface area (Å²) in [7, 11) is 0. The Morgan fingerprint density at radius 2 is 2.00 bits per heavy atom. The summed E-state index contributed by atoms with van der Waals surface area (Å²) in [4.78, 5) is 11.9. The Morgan fingerprint density at radius 3 is 2.67 bits per heavy atom. The van der Waals surface area contributed by atoms with E-state index < -0.39 is 6.09 Å². The van der Waals surface area contributed by atoms with Crippen molar-refractivity contribution >= 4 is 40.7 Å². The van der Waals surface area contributed by atoms with Crippen LogP contribution < -0.4 is 10.2 Å². The van der Waals surface area contributed by atoms with E-state index in [-0.39, 0.29) is 10.3 Å². The number of amides is 1. The van der Waals surface area contributed by atoms with Gasteiger partial charge < -0.3 is 10.4 Å². The van der Waals surface area contributed by atoms with E-state index in [0.717, 1.165) is 4.90 Å². The molecule has 0 saturated carbocycles. The molecular formula is C9H6Cl2N2O2. The minimum Gasteiger partial charge on any atom is -0.464 e. The molecule has 1 aliphatic heterocycles. The van der Waals surface area contributed by atoms with Crippen LogP contribution in [-0.2, 0) is 0 Å². The van der Waals surface area contributed by atoms with Crippen molar-refractivity contribution in [3.05, 3.63) is 34.6 Å². The largest absolute Gasteiger partial charge is 0.464 e. The third-order valence-electron chi connectivity index (χ3n) is 1.96. The Morgan fingerprint density at radius 1 is 1.33 bits per heavy atom. The molecule has 0 fully saturated rings. The predicted molar refractivity (Wildman–Crippen MR) is 59.3 cm³/mol. The van der Waals surface area contributed by atoms with Gasteiger partial charge in [0.1, 0.15) is 5.16 Å². The fourth-order valence-corrected chi connectivity index (χ4v) is 1.73. The first-order valence-corrected chi connectivity index (χ1v) is 4.81. The number of hydrogen-bond acceptors (Lipinski definition) is 2. The topological polar surface area (TPSA) is 52.6 Å². The van der Waals surface area contributed by atoms with Crippen molar-refractivity contribution in [3.8, 4) is 0 Å². The maximum Gasteiger partial charge on any atom is 0.417 e. The van der Waals surface area contributed by atoms with Crippen molar-refractivity contribution in [1.82, 2.24) is 0 Å². The van der Waals surface area contributed by atoms with Crippen LogP contribution in [0.5, 0.6) is 0 Å². The highest BCUT2D eigenvalue weighted by atomic mass is 35.5. The van der Waals surface area contributed by atoms with E-state index in [9.17, 15) is 4.79 Å². The zero-order chi connectivity index (χ0) is 11.0. The molecule has 2 rings (SSSR count). The maximum atomic E-state index is 11.0. The van der Waals surface area contributed by atoms with Crippen LogP contribution in [0, 0.1) is 0 Å². The second-order valence-corrected chi connectivity index (χ2v) is 3.60. The molecule has 0 spiro atoms. The van der Waals surface area contributed by atoms with E-state index in [2.05, 4.69) is 5.32 Å². The Labute approximate surface area is 95.7 Å². The molecule has 0 unspecified atom stereocenters. The molecular weight excluding hydrogens is 239 g/mol. The van der Waals surface area contributed by atoms with Crippen molar-refractivity contribution in [2.75, 3.05) is 10.2 Å². The summed E-state index contributed by atoms with van der Waals surface area (Å²) in [6, 6.07) is 6.86. The maximum absolute atomic E-state index is 11.0. The lowest BCUT2D eigenvalue weighted by molar-refractivity contribution is 0.204. The highest BCUT2D eigenvalue weighted by Gasteiger charge is 2.27.